The molecule has 2 rings (SSSR count). The van der Waals surface area contributed by atoms with Crippen molar-refractivity contribution < 1.29 is 79.5 Å². The molecule has 1 aliphatic heterocycles. The molecule has 0 unspecified atom stereocenters. The number of rotatable bonds is 3. The van der Waals surface area contributed by atoms with Crippen molar-refractivity contribution in [3.05, 3.63) is 24.3 Å². The number of alkyl halides is 3. The molecular formula is C12H15F3KNO3. The number of benzene rings is 1. The molecule has 1 fully saturated rings. The summed E-state index contributed by atoms with van der Waals surface area (Å²) in [5.41, 5.74) is 0. The molecule has 0 aliphatic carbocycles. The molecule has 108 valence electrons. The van der Waals surface area contributed by atoms with E-state index in [0.29, 0.717) is 5.75 Å². The smallest absolute Gasteiger partial charge is 0.870 e. The Morgan fingerprint density at radius 3 is 2.00 bits per heavy atom. The summed E-state index contributed by atoms with van der Waals surface area (Å²) in [5, 5.41) is 3.21. The molecule has 1 heterocycles. The minimum Gasteiger partial charge on any atom is -0.870 e. The maximum absolute atomic E-state index is 12.0. The fourth-order valence-corrected chi connectivity index (χ4v) is 1.83. The molecule has 2 N–H and O–H groups in total. The van der Waals surface area contributed by atoms with E-state index >= 15 is 0 Å². The van der Waals surface area contributed by atoms with Crippen LogP contribution in [0.1, 0.15) is 12.8 Å². The first-order valence-corrected chi connectivity index (χ1v) is 5.76. The van der Waals surface area contributed by atoms with Crippen LogP contribution in [0.4, 0.5) is 13.2 Å². The van der Waals surface area contributed by atoms with Gasteiger partial charge in [-0.2, -0.15) is 0 Å². The Balaban J connectivity index is 0.00000180. The number of halogens is 3. The molecule has 1 saturated heterocycles. The summed E-state index contributed by atoms with van der Waals surface area (Å²) in [6.07, 6.45) is -2.72. The Hall–Kier alpha value is 0.166. The van der Waals surface area contributed by atoms with Crippen molar-refractivity contribution in [1.29, 1.82) is 0 Å². The van der Waals surface area contributed by atoms with E-state index < -0.39 is 6.36 Å². The van der Waals surface area contributed by atoms with Crippen LogP contribution in [0.5, 0.6) is 11.5 Å². The van der Waals surface area contributed by atoms with Crippen molar-refractivity contribution in [1.82, 2.24) is 5.32 Å². The molecule has 0 saturated carbocycles. The molecule has 0 spiro atoms. The van der Waals surface area contributed by atoms with Crippen LogP contribution in [0.25, 0.3) is 0 Å². The first kappa shape index (κ1) is 20.2. The molecule has 1 aromatic rings. The Morgan fingerprint density at radius 1 is 1.00 bits per heavy atom. The van der Waals surface area contributed by atoms with E-state index in [0.717, 1.165) is 25.9 Å². The van der Waals surface area contributed by atoms with Gasteiger partial charge in [0.2, 0.25) is 0 Å². The number of hydrogen-bond donors (Lipinski definition) is 1. The van der Waals surface area contributed by atoms with E-state index in [1.807, 2.05) is 0 Å². The zero-order valence-electron chi connectivity index (χ0n) is 11.1. The van der Waals surface area contributed by atoms with Crippen LogP contribution >= 0.6 is 0 Å². The monoisotopic (exact) mass is 317 g/mol. The van der Waals surface area contributed by atoms with E-state index in [4.69, 9.17) is 4.74 Å². The molecule has 1 aromatic carbocycles. The van der Waals surface area contributed by atoms with E-state index in [9.17, 15) is 13.2 Å². The van der Waals surface area contributed by atoms with Crippen LogP contribution in [0.15, 0.2) is 24.3 Å². The van der Waals surface area contributed by atoms with Crippen LogP contribution < -0.4 is 66.2 Å². The van der Waals surface area contributed by atoms with Gasteiger partial charge < -0.3 is 20.3 Å². The van der Waals surface area contributed by atoms with E-state index in [1.165, 1.54) is 24.3 Å². The minimum atomic E-state index is -4.66. The van der Waals surface area contributed by atoms with Gasteiger partial charge in [0.05, 0.1) is 0 Å². The van der Waals surface area contributed by atoms with Crippen LogP contribution in [0.3, 0.4) is 0 Å². The van der Waals surface area contributed by atoms with Crippen LogP contribution in [-0.4, -0.2) is 31.0 Å². The van der Waals surface area contributed by atoms with Gasteiger partial charge in [-0.1, -0.05) is 0 Å². The normalized spacial score (nSPS) is 15.8. The van der Waals surface area contributed by atoms with Gasteiger partial charge >= 0.3 is 57.7 Å². The summed E-state index contributed by atoms with van der Waals surface area (Å²) in [7, 11) is 0. The summed E-state index contributed by atoms with van der Waals surface area (Å²) in [6.45, 7) is 1.81. The second-order valence-corrected chi connectivity index (χ2v) is 4.09. The third-order valence-corrected chi connectivity index (χ3v) is 2.65. The summed E-state index contributed by atoms with van der Waals surface area (Å²) in [4.78, 5) is 0. The molecule has 0 atom stereocenters. The second-order valence-electron chi connectivity index (χ2n) is 4.09. The number of nitrogens with one attached hydrogen (secondary N) is 1. The Bertz CT molecular complexity index is 381. The standard InChI is InChI=1S/C12H14F3NO2.K.H2O/c13-12(14,15)18-11-3-1-9(2-4-11)17-10-5-7-16-8-6-10;;/h1-4,10,16H,5-8H2;;1H2/q;+1;/p-1. The Kier molecular flexibility index (Phi) is 9.32. The SMILES string of the molecule is FC(F)(F)Oc1ccc(OC2CCNCC2)cc1.[K+].[OH-]. The van der Waals surface area contributed by atoms with Crippen molar-refractivity contribution in [3.8, 4) is 11.5 Å². The molecule has 4 nitrogen and oxygen atoms in total. The fraction of sp³-hybridized carbons (Fsp3) is 0.500. The number of ether oxygens (including phenoxy) is 2. The van der Waals surface area contributed by atoms with Gasteiger partial charge in [-0.25, -0.2) is 0 Å². The summed E-state index contributed by atoms with van der Waals surface area (Å²) >= 11 is 0. The van der Waals surface area contributed by atoms with Gasteiger partial charge in [0.1, 0.15) is 17.6 Å². The van der Waals surface area contributed by atoms with Crippen molar-refractivity contribution >= 4 is 0 Å². The average Bonchev–Trinajstić information content (AvgIpc) is 2.31. The van der Waals surface area contributed by atoms with Crippen molar-refractivity contribution in [2.45, 2.75) is 25.3 Å². The third kappa shape index (κ3) is 7.25. The van der Waals surface area contributed by atoms with Crippen LogP contribution in [-0.2, 0) is 0 Å². The third-order valence-electron chi connectivity index (χ3n) is 2.65. The number of hydrogen-bond acceptors (Lipinski definition) is 4. The Labute approximate surface area is 157 Å². The topological polar surface area (TPSA) is 60.5 Å². The molecule has 0 radical (unpaired) electrons. The summed E-state index contributed by atoms with van der Waals surface area (Å²) < 4.78 is 45.3. The molecule has 0 bridgehead atoms. The summed E-state index contributed by atoms with van der Waals surface area (Å²) in [5.74, 6) is 0.330. The van der Waals surface area contributed by atoms with Crippen LogP contribution in [0.2, 0.25) is 0 Å². The number of piperidine rings is 1. The van der Waals surface area contributed by atoms with Gasteiger partial charge in [0.25, 0.3) is 0 Å². The minimum absolute atomic E-state index is 0. The van der Waals surface area contributed by atoms with Gasteiger partial charge in [0.15, 0.2) is 0 Å². The van der Waals surface area contributed by atoms with Crippen molar-refractivity contribution in [3.63, 3.8) is 0 Å². The second kappa shape index (κ2) is 9.24. The maximum atomic E-state index is 12.0. The first-order chi connectivity index (χ1) is 8.53. The predicted octanol–water partition coefficient (Wildman–Crippen LogP) is -0.457. The van der Waals surface area contributed by atoms with Crippen LogP contribution in [0, 0.1) is 0 Å². The van der Waals surface area contributed by atoms with Gasteiger partial charge in [0, 0.05) is 0 Å². The average molecular weight is 317 g/mol. The predicted molar refractivity (Wildman–Crippen MR) is 61.6 cm³/mol. The molecule has 0 aromatic heterocycles. The van der Waals surface area contributed by atoms with Crippen molar-refractivity contribution in [2.24, 2.45) is 0 Å². The molecule has 8 heteroatoms. The first-order valence-electron chi connectivity index (χ1n) is 5.76. The van der Waals surface area contributed by atoms with Gasteiger partial charge in [-0.05, 0) is 50.2 Å². The zero-order chi connectivity index (χ0) is 13.0. The largest absolute Gasteiger partial charge is 1.00 e. The molecule has 20 heavy (non-hydrogen) atoms. The van der Waals surface area contributed by atoms with E-state index in [2.05, 4.69) is 10.1 Å². The molecule has 1 aliphatic rings. The fourth-order valence-electron chi connectivity index (χ4n) is 1.83. The maximum Gasteiger partial charge on any atom is 1.00 e. The molecular weight excluding hydrogens is 302 g/mol. The van der Waals surface area contributed by atoms with Gasteiger partial charge in [-0.15, -0.1) is 13.2 Å². The molecule has 0 amide bonds. The van der Waals surface area contributed by atoms with E-state index in [-0.39, 0.29) is 68.7 Å². The summed E-state index contributed by atoms with van der Waals surface area (Å²) in [6, 6.07) is 5.49. The van der Waals surface area contributed by atoms with E-state index in [1.54, 1.807) is 0 Å². The quantitative estimate of drug-likeness (QED) is 0.767. The zero-order valence-corrected chi connectivity index (χ0v) is 14.2. The van der Waals surface area contributed by atoms with Crippen molar-refractivity contribution in [2.75, 3.05) is 13.1 Å². The Morgan fingerprint density at radius 2 is 1.50 bits per heavy atom. The van der Waals surface area contributed by atoms with Gasteiger partial charge in [-0.3, -0.25) is 0 Å².